The largest absolute Gasteiger partial charge is 0.480 e. The summed E-state index contributed by atoms with van der Waals surface area (Å²) in [7, 11) is 6.59. The molecule has 1 saturated carbocycles. The summed E-state index contributed by atoms with van der Waals surface area (Å²) >= 11 is 0. The lowest BCUT2D eigenvalue weighted by Gasteiger charge is -2.43. The number of carbonyl (C=O) groups is 5. The summed E-state index contributed by atoms with van der Waals surface area (Å²) in [6.07, 6.45) is 5.16. The Balaban J connectivity index is 1.81. The van der Waals surface area contributed by atoms with Crippen LogP contribution in [0.5, 0.6) is 0 Å². The van der Waals surface area contributed by atoms with Crippen LogP contribution in [0.3, 0.4) is 0 Å². The number of aliphatic carboxylic acids is 1. The van der Waals surface area contributed by atoms with Gasteiger partial charge in [0, 0.05) is 34.2 Å². The Hall–Kier alpha value is -3.55. The number of amides is 4. The molecule has 2 aliphatic rings. The lowest BCUT2D eigenvalue weighted by Crippen LogP contribution is -2.60. The fourth-order valence-electron chi connectivity index (χ4n) is 8.51. The fourth-order valence-corrected chi connectivity index (χ4v) is 8.51. The number of benzene rings is 1. The van der Waals surface area contributed by atoms with E-state index in [1.54, 1.807) is 37.9 Å². The molecule has 1 saturated heterocycles. The highest BCUT2D eigenvalue weighted by molar-refractivity contribution is 5.90. The number of hydrogen-bond acceptors (Lipinski definition) is 8. The number of hydrogen-bond donors (Lipinski definition) is 4. The van der Waals surface area contributed by atoms with E-state index in [1.807, 2.05) is 58.0 Å². The van der Waals surface area contributed by atoms with Crippen LogP contribution >= 0.6 is 0 Å². The first-order valence-electron chi connectivity index (χ1n) is 19.8. The molecule has 2 fully saturated rings. The molecule has 0 radical (unpaired) electrons. The molecule has 304 valence electrons. The first kappa shape index (κ1) is 44.8. The van der Waals surface area contributed by atoms with Crippen molar-refractivity contribution in [2.24, 2.45) is 23.7 Å². The summed E-state index contributed by atoms with van der Waals surface area (Å²) in [6, 6.07) is 5.98. The number of nitrogens with one attached hydrogen (secondary N) is 3. The number of methoxy groups -OCH3 is 2. The van der Waals surface area contributed by atoms with Gasteiger partial charge in [0.25, 0.3) is 0 Å². The zero-order chi connectivity index (χ0) is 40.1. The molecule has 8 atom stereocenters. The van der Waals surface area contributed by atoms with E-state index < -0.39 is 60.2 Å². The number of rotatable bonds is 20. The third-order valence-electron chi connectivity index (χ3n) is 11.6. The minimum absolute atomic E-state index is 0.0227. The smallest absolute Gasteiger partial charge is 0.326 e. The van der Waals surface area contributed by atoms with Gasteiger partial charge in [-0.1, -0.05) is 84.2 Å². The van der Waals surface area contributed by atoms with E-state index in [4.69, 9.17) is 9.47 Å². The van der Waals surface area contributed by atoms with Crippen LogP contribution in [0.15, 0.2) is 30.3 Å². The molecule has 54 heavy (non-hydrogen) atoms. The van der Waals surface area contributed by atoms with Crippen LogP contribution in [0.25, 0.3) is 0 Å². The molecular formula is C41H67N5O8. The summed E-state index contributed by atoms with van der Waals surface area (Å²) in [6.45, 7) is 9.92. The molecule has 1 aromatic rings. The molecule has 3 rings (SSSR count). The molecule has 0 bridgehead atoms. The van der Waals surface area contributed by atoms with E-state index in [-0.39, 0.29) is 48.3 Å². The first-order valence-corrected chi connectivity index (χ1v) is 19.8. The number of carbonyl (C=O) groups excluding carboxylic acids is 4. The summed E-state index contributed by atoms with van der Waals surface area (Å²) in [5, 5.41) is 18.7. The highest BCUT2D eigenvalue weighted by Gasteiger charge is 2.44. The summed E-state index contributed by atoms with van der Waals surface area (Å²) < 4.78 is 12.0. The Morgan fingerprint density at radius 2 is 1.48 bits per heavy atom. The van der Waals surface area contributed by atoms with Gasteiger partial charge in [0.1, 0.15) is 12.1 Å². The van der Waals surface area contributed by atoms with Crippen LogP contribution in [0.2, 0.25) is 0 Å². The Kier molecular flexibility index (Phi) is 17.9. The molecule has 4 N–H and O–H groups in total. The lowest BCUT2D eigenvalue weighted by atomic mass is 9.80. The molecule has 0 aromatic heterocycles. The number of ether oxygens (including phenoxy) is 2. The SMILES string of the molecule is CN[C@H](C(=O)N[C@H](C(=O)N(C)[C@@H](C1CCCCC1)[C@@H](CC(=O)N1CCC[C@H]1[C@H](OC)[C@@H](C)C(=O)N[C@@H](Cc1ccccc1)C(=O)O)OC)C(C)C)C(C)C. The number of carboxylic acids is 1. The summed E-state index contributed by atoms with van der Waals surface area (Å²) in [5.41, 5.74) is 0.790. The Morgan fingerprint density at radius 1 is 0.852 bits per heavy atom. The Bertz CT molecular complexity index is 1370. The zero-order valence-electron chi connectivity index (χ0n) is 34.0. The summed E-state index contributed by atoms with van der Waals surface area (Å²) in [4.78, 5) is 71.0. The van der Waals surface area contributed by atoms with Gasteiger partial charge in [0.2, 0.25) is 23.6 Å². The molecule has 1 heterocycles. The van der Waals surface area contributed by atoms with Crippen molar-refractivity contribution < 1.29 is 38.6 Å². The van der Waals surface area contributed by atoms with Gasteiger partial charge in [-0.25, -0.2) is 4.79 Å². The van der Waals surface area contributed by atoms with E-state index in [9.17, 15) is 29.1 Å². The van der Waals surface area contributed by atoms with Crippen molar-refractivity contribution >= 4 is 29.6 Å². The standard InChI is InChI=1S/C41H67N5O8/c1-25(2)34(42-6)39(49)44-35(26(3)4)40(50)45(7)36(29-19-14-11-15-20-29)32(53-8)24-33(47)46-22-16-21-31(46)37(54-9)27(5)38(48)43-30(41(51)52)23-28-17-12-10-13-18-28/h10,12-13,17-18,25-27,29-32,34-37,42H,11,14-16,19-24H2,1-9H3,(H,43,48)(H,44,49)(H,51,52)/t27-,30+,31+,32-,34+,35+,36+,37-/m1/s1. The topological polar surface area (TPSA) is 167 Å². The maximum atomic E-state index is 14.3. The average Bonchev–Trinajstić information content (AvgIpc) is 3.63. The Labute approximate surface area is 322 Å². The van der Waals surface area contributed by atoms with Gasteiger partial charge in [0.15, 0.2) is 0 Å². The normalized spacial score (nSPS) is 20.4. The molecule has 1 aromatic carbocycles. The third-order valence-corrected chi connectivity index (χ3v) is 11.6. The van der Waals surface area contributed by atoms with Crippen LogP contribution in [-0.4, -0.2) is 122 Å². The second-order valence-electron chi connectivity index (χ2n) is 15.9. The molecule has 13 heteroatoms. The van der Waals surface area contributed by atoms with Gasteiger partial charge in [-0.2, -0.15) is 0 Å². The van der Waals surface area contributed by atoms with Crippen LogP contribution in [0.1, 0.15) is 91.5 Å². The van der Waals surface area contributed by atoms with Crippen molar-refractivity contribution in [3.63, 3.8) is 0 Å². The molecule has 0 spiro atoms. The van der Waals surface area contributed by atoms with Crippen LogP contribution < -0.4 is 16.0 Å². The van der Waals surface area contributed by atoms with Crippen LogP contribution in [0, 0.1) is 23.7 Å². The predicted octanol–water partition coefficient (Wildman–Crippen LogP) is 3.64. The number of carboxylic acid groups (broad SMARTS) is 1. The lowest BCUT2D eigenvalue weighted by molar-refractivity contribution is -0.148. The van der Waals surface area contributed by atoms with Crippen molar-refractivity contribution in [3.05, 3.63) is 35.9 Å². The van der Waals surface area contributed by atoms with E-state index in [2.05, 4.69) is 16.0 Å². The van der Waals surface area contributed by atoms with E-state index in [0.29, 0.717) is 13.0 Å². The highest BCUT2D eigenvalue weighted by Crippen LogP contribution is 2.34. The maximum Gasteiger partial charge on any atom is 0.326 e. The van der Waals surface area contributed by atoms with Crippen molar-refractivity contribution in [3.8, 4) is 0 Å². The molecule has 13 nitrogen and oxygen atoms in total. The fraction of sp³-hybridized carbons (Fsp3) is 0.732. The second-order valence-corrected chi connectivity index (χ2v) is 15.9. The van der Waals surface area contributed by atoms with Crippen molar-refractivity contribution in [1.29, 1.82) is 0 Å². The Morgan fingerprint density at radius 3 is 2.02 bits per heavy atom. The number of nitrogens with zero attached hydrogens (tertiary/aromatic N) is 2. The quantitative estimate of drug-likeness (QED) is 0.155. The van der Waals surface area contributed by atoms with Gasteiger partial charge >= 0.3 is 5.97 Å². The molecule has 4 amide bonds. The van der Waals surface area contributed by atoms with E-state index in [1.165, 1.54) is 7.11 Å². The summed E-state index contributed by atoms with van der Waals surface area (Å²) in [5.74, 6) is -2.98. The molecular weight excluding hydrogens is 690 g/mol. The van der Waals surface area contributed by atoms with Gasteiger partial charge in [-0.15, -0.1) is 0 Å². The van der Waals surface area contributed by atoms with Gasteiger partial charge in [0.05, 0.1) is 42.7 Å². The maximum absolute atomic E-state index is 14.3. The van der Waals surface area contributed by atoms with Crippen LogP contribution in [0.4, 0.5) is 0 Å². The minimum Gasteiger partial charge on any atom is -0.480 e. The first-order chi connectivity index (χ1) is 25.7. The molecule has 1 aliphatic carbocycles. The third kappa shape index (κ3) is 11.7. The minimum atomic E-state index is -1.13. The second kappa shape index (κ2) is 21.5. The monoisotopic (exact) mass is 757 g/mol. The van der Waals surface area contributed by atoms with Gasteiger partial charge in [-0.3, -0.25) is 19.2 Å². The average molecular weight is 758 g/mol. The highest BCUT2D eigenvalue weighted by atomic mass is 16.5. The van der Waals surface area contributed by atoms with Crippen molar-refractivity contribution in [2.75, 3.05) is 34.9 Å². The van der Waals surface area contributed by atoms with Gasteiger partial charge in [-0.05, 0) is 56.0 Å². The number of likely N-dealkylation sites (N-methyl/N-ethyl adjacent to an activating group) is 2. The van der Waals surface area contributed by atoms with Crippen molar-refractivity contribution in [2.45, 2.75) is 135 Å². The van der Waals surface area contributed by atoms with E-state index >= 15 is 0 Å². The zero-order valence-corrected chi connectivity index (χ0v) is 34.0. The number of likely N-dealkylation sites (tertiary alicyclic amines) is 1. The van der Waals surface area contributed by atoms with Crippen molar-refractivity contribution in [1.82, 2.24) is 25.8 Å². The van der Waals surface area contributed by atoms with Crippen LogP contribution in [-0.2, 0) is 39.9 Å². The van der Waals surface area contributed by atoms with E-state index in [0.717, 1.165) is 44.1 Å². The van der Waals surface area contributed by atoms with Gasteiger partial charge < -0.3 is 40.3 Å². The molecule has 1 aliphatic heterocycles. The predicted molar refractivity (Wildman–Crippen MR) is 207 cm³/mol. The molecule has 0 unspecified atom stereocenters.